The van der Waals surface area contributed by atoms with Gasteiger partial charge in [-0.1, -0.05) is 53.9 Å². The van der Waals surface area contributed by atoms with Crippen LogP contribution in [0.5, 0.6) is 0 Å². The fraction of sp³-hybridized carbons (Fsp3) is 0.200. The molecule has 5 heteroatoms. The second-order valence-corrected chi connectivity index (χ2v) is 6.68. The van der Waals surface area contributed by atoms with Crippen molar-refractivity contribution >= 4 is 57.4 Å². The Hall–Kier alpha value is -0.000000000000000111. The third-order valence-corrected chi connectivity index (χ3v) is 5.02. The largest absolute Gasteiger partial charge is 0.306 e. The summed E-state index contributed by atoms with van der Waals surface area (Å²) in [6, 6.07) is 11.5. The molecule has 0 saturated heterocycles. The highest BCUT2D eigenvalue weighted by atomic mass is 127. The van der Waals surface area contributed by atoms with E-state index in [0.29, 0.717) is 15.1 Å². The number of halogens is 4. The summed E-state index contributed by atoms with van der Waals surface area (Å²) in [4.78, 5) is 0. The van der Waals surface area contributed by atoms with Gasteiger partial charge in [0.15, 0.2) is 0 Å². The summed E-state index contributed by atoms with van der Waals surface area (Å²) in [6.07, 6.45) is 0. The molecule has 0 aliphatic carbocycles. The molecule has 1 N–H and O–H groups in total. The van der Waals surface area contributed by atoms with Gasteiger partial charge in [-0.3, -0.25) is 0 Å². The Balaban J connectivity index is 2.56. The van der Waals surface area contributed by atoms with E-state index in [-0.39, 0.29) is 6.04 Å². The minimum absolute atomic E-state index is 0.0307. The van der Waals surface area contributed by atoms with E-state index in [2.05, 4.69) is 34.8 Å². The van der Waals surface area contributed by atoms with Gasteiger partial charge in [-0.25, -0.2) is 0 Å². The molecule has 0 saturated carbocycles. The molecular formula is C15H13Cl3IN. The van der Waals surface area contributed by atoms with Crippen LogP contribution in [0.15, 0.2) is 36.4 Å². The highest BCUT2D eigenvalue weighted by molar-refractivity contribution is 14.1. The second kappa shape index (κ2) is 7.32. The molecule has 0 fully saturated rings. The quantitative estimate of drug-likeness (QED) is 0.580. The summed E-state index contributed by atoms with van der Waals surface area (Å²) < 4.78 is 1.13. The summed E-state index contributed by atoms with van der Waals surface area (Å²) in [6.45, 7) is 2.87. The van der Waals surface area contributed by atoms with E-state index in [1.807, 2.05) is 30.3 Å². The zero-order chi connectivity index (χ0) is 14.7. The minimum atomic E-state index is -0.0307. The van der Waals surface area contributed by atoms with Crippen LogP contribution in [0.3, 0.4) is 0 Å². The third-order valence-electron chi connectivity index (χ3n) is 2.97. The van der Waals surface area contributed by atoms with Crippen molar-refractivity contribution in [1.29, 1.82) is 0 Å². The van der Waals surface area contributed by atoms with Crippen molar-refractivity contribution < 1.29 is 0 Å². The molecule has 0 spiro atoms. The van der Waals surface area contributed by atoms with Gasteiger partial charge in [0.2, 0.25) is 0 Å². The summed E-state index contributed by atoms with van der Waals surface area (Å²) >= 11 is 20.9. The fourth-order valence-corrected chi connectivity index (χ4v) is 3.32. The molecule has 20 heavy (non-hydrogen) atoms. The number of rotatable bonds is 4. The van der Waals surface area contributed by atoms with Crippen molar-refractivity contribution in [3.63, 3.8) is 0 Å². The van der Waals surface area contributed by atoms with Crippen LogP contribution < -0.4 is 5.32 Å². The summed E-state index contributed by atoms with van der Waals surface area (Å²) in [5.74, 6) is 0. The average Bonchev–Trinajstić information content (AvgIpc) is 2.43. The van der Waals surface area contributed by atoms with Crippen LogP contribution >= 0.6 is 57.4 Å². The lowest BCUT2D eigenvalue weighted by molar-refractivity contribution is 0.628. The smallest absolute Gasteiger partial charge is 0.0643 e. The van der Waals surface area contributed by atoms with Gasteiger partial charge in [0.05, 0.1) is 16.1 Å². The average molecular weight is 441 g/mol. The van der Waals surface area contributed by atoms with Gasteiger partial charge in [0, 0.05) is 8.59 Å². The summed E-state index contributed by atoms with van der Waals surface area (Å²) in [7, 11) is 0. The second-order valence-electron chi connectivity index (χ2n) is 4.30. The third kappa shape index (κ3) is 3.60. The SMILES string of the molecule is CCNC(c1cc(Cl)ccc1I)c1cccc(Cl)c1Cl. The fourth-order valence-electron chi connectivity index (χ4n) is 2.07. The van der Waals surface area contributed by atoms with E-state index >= 15 is 0 Å². The van der Waals surface area contributed by atoms with Crippen molar-refractivity contribution in [2.24, 2.45) is 0 Å². The van der Waals surface area contributed by atoms with Crippen molar-refractivity contribution in [1.82, 2.24) is 5.32 Å². The molecule has 2 aromatic carbocycles. The molecule has 1 atom stereocenters. The number of nitrogens with one attached hydrogen (secondary N) is 1. The molecular weight excluding hydrogens is 427 g/mol. The predicted octanol–water partition coefficient (Wildman–Crippen LogP) is 5.95. The lowest BCUT2D eigenvalue weighted by Gasteiger charge is -2.22. The van der Waals surface area contributed by atoms with Crippen LogP contribution in [0, 0.1) is 3.57 Å². The maximum atomic E-state index is 6.36. The van der Waals surface area contributed by atoms with E-state index in [1.54, 1.807) is 6.07 Å². The van der Waals surface area contributed by atoms with Crippen LogP contribution in [0.1, 0.15) is 24.1 Å². The van der Waals surface area contributed by atoms with E-state index in [4.69, 9.17) is 34.8 Å². The Bertz CT molecular complexity index is 614. The van der Waals surface area contributed by atoms with Crippen molar-refractivity contribution in [3.05, 3.63) is 66.2 Å². The number of hydrogen-bond acceptors (Lipinski definition) is 1. The zero-order valence-corrected chi connectivity index (χ0v) is 15.2. The standard InChI is InChI=1S/C15H13Cl3IN/c1-2-20-15(10-4-3-5-12(17)14(10)18)11-8-9(16)6-7-13(11)19/h3-8,15,20H,2H2,1H3. The zero-order valence-electron chi connectivity index (χ0n) is 10.8. The van der Waals surface area contributed by atoms with Gasteiger partial charge in [-0.15, -0.1) is 0 Å². The summed E-state index contributed by atoms with van der Waals surface area (Å²) in [5.41, 5.74) is 2.06. The Morgan fingerprint density at radius 2 is 1.85 bits per heavy atom. The molecule has 0 bridgehead atoms. The molecule has 0 radical (unpaired) electrons. The van der Waals surface area contributed by atoms with Gasteiger partial charge in [-0.2, -0.15) is 0 Å². The molecule has 2 aromatic rings. The first-order valence-electron chi connectivity index (χ1n) is 6.16. The Kier molecular flexibility index (Phi) is 5.99. The molecule has 106 valence electrons. The van der Waals surface area contributed by atoms with Gasteiger partial charge >= 0.3 is 0 Å². The van der Waals surface area contributed by atoms with Crippen molar-refractivity contribution in [2.75, 3.05) is 6.54 Å². The molecule has 0 aliphatic rings. The Morgan fingerprint density at radius 1 is 1.10 bits per heavy atom. The first kappa shape index (κ1) is 16.4. The lowest BCUT2D eigenvalue weighted by atomic mass is 9.98. The van der Waals surface area contributed by atoms with E-state index in [9.17, 15) is 0 Å². The highest BCUT2D eigenvalue weighted by Gasteiger charge is 2.20. The Morgan fingerprint density at radius 3 is 2.55 bits per heavy atom. The monoisotopic (exact) mass is 439 g/mol. The molecule has 0 amide bonds. The molecule has 1 nitrogen and oxygen atoms in total. The van der Waals surface area contributed by atoms with Crippen molar-refractivity contribution in [2.45, 2.75) is 13.0 Å². The molecule has 0 aliphatic heterocycles. The molecule has 1 unspecified atom stereocenters. The van der Waals surface area contributed by atoms with Gasteiger partial charge in [0.25, 0.3) is 0 Å². The normalized spacial score (nSPS) is 12.4. The molecule has 0 heterocycles. The molecule has 2 rings (SSSR count). The molecule has 0 aromatic heterocycles. The minimum Gasteiger partial charge on any atom is -0.306 e. The lowest BCUT2D eigenvalue weighted by Crippen LogP contribution is -2.23. The topological polar surface area (TPSA) is 12.0 Å². The summed E-state index contributed by atoms with van der Waals surface area (Å²) in [5, 5.41) is 5.29. The van der Waals surface area contributed by atoms with E-state index in [0.717, 1.165) is 21.2 Å². The first-order chi connectivity index (χ1) is 9.54. The van der Waals surface area contributed by atoms with Crippen LogP contribution in [-0.4, -0.2) is 6.54 Å². The van der Waals surface area contributed by atoms with Crippen LogP contribution in [0.25, 0.3) is 0 Å². The van der Waals surface area contributed by atoms with Crippen molar-refractivity contribution in [3.8, 4) is 0 Å². The Labute approximate surface area is 147 Å². The van der Waals surface area contributed by atoms with E-state index < -0.39 is 0 Å². The first-order valence-corrected chi connectivity index (χ1v) is 8.38. The maximum Gasteiger partial charge on any atom is 0.0643 e. The van der Waals surface area contributed by atoms with Gasteiger partial charge in [-0.05, 0) is 64.5 Å². The number of benzene rings is 2. The van der Waals surface area contributed by atoms with Crippen LogP contribution in [0.4, 0.5) is 0 Å². The van der Waals surface area contributed by atoms with Crippen LogP contribution in [-0.2, 0) is 0 Å². The predicted molar refractivity (Wildman–Crippen MR) is 96.2 cm³/mol. The van der Waals surface area contributed by atoms with Crippen LogP contribution in [0.2, 0.25) is 15.1 Å². The van der Waals surface area contributed by atoms with Gasteiger partial charge < -0.3 is 5.32 Å². The van der Waals surface area contributed by atoms with Gasteiger partial charge in [0.1, 0.15) is 0 Å². The highest BCUT2D eigenvalue weighted by Crippen LogP contribution is 2.35. The number of hydrogen-bond donors (Lipinski definition) is 1. The maximum absolute atomic E-state index is 6.36. The van der Waals surface area contributed by atoms with E-state index in [1.165, 1.54) is 0 Å².